The molecule has 0 atom stereocenters. The summed E-state index contributed by atoms with van der Waals surface area (Å²) >= 11 is 0. The van der Waals surface area contributed by atoms with E-state index in [1.54, 1.807) is 12.1 Å². The van der Waals surface area contributed by atoms with Gasteiger partial charge in [-0.25, -0.2) is 0 Å². The fraction of sp³-hybridized carbons (Fsp3) is 0.133. The van der Waals surface area contributed by atoms with Crippen LogP contribution in [0.3, 0.4) is 0 Å². The minimum Gasteiger partial charge on any atom is -0.508 e. The first-order valence-electron chi connectivity index (χ1n) is 6.34. The molecule has 2 rings (SSSR count). The van der Waals surface area contributed by atoms with Crippen LogP contribution in [0.4, 0.5) is 5.69 Å². The number of hydrogen-bond donors (Lipinski definition) is 2. The summed E-state index contributed by atoms with van der Waals surface area (Å²) in [5.74, 6) is 0.530. The van der Waals surface area contributed by atoms with Crippen molar-refractivity contribution >= 4 is 11.9 Å². The number of nitro benzene ring substituents is 1. The maximum absolute atomic E-state index is 10.7. The van der Waals surface area contributed by atoms with E-state index < -0.39 is 4.92 Å². The molecule has 0 fully saturated rings. The van der Waals surface area contributed by atoms with Gasteiger partial charge in [0.05, 0.1) is 18.6 Å². The normalized spacial score (nSPS) is 10.8. The number of hydrogen-bond acceptors (Lipinski definition) is 6. The molecule has 0 aliphatic carbocycles. The van der Waals surface area contributed by atoms with Gasteiger partial charge in [-0.15, -0.1) is 0 Å². The third-order valence-corrected chi connectivity index (χ3v) is 3.00. The number of non-ortho nitro benzene ring substituents is 1. The molecule has 2 N–H and O–H groups in total. The quantitative estimate of drug-likeness (QED) is 0.502. The smallest absolute Gasteiger partial charge is 0.270 e. The molecule has 0 radical (unpaired) electrons. The van der Waals surface area contributed by atoms with Crippen LogP contribution in [0.15, 0.2) is 41.4 Å². The van der Waals surface area contributed by atoms with E-state index in [0.29, 0.717) is 16.9 Å². The van der Waals surface area contributed by atoms with E-state index in [0.717, 1.165) is 0 Å². The van der Waals surface area contributed by atoms with Gasteiger partial charge in [-0.3, -0.25) is 15.1 Å². The molecule has 7 heteroatoms. The third-order valence-electron chi connectivity index (χ3n) is 3.00. The lowest BCUT2D eigenvalue weighted by molar-refractivity contribution is -0.384. The molecule has 0 amide bonds. The predicted molar refractivity (Wildman–Crippen MR) is 80.7 cm³/mol. The Morgan fingerprint density at radius 1 is 1.23 bits per heavy atom. The fourth-order valence-corrected chi connectivity index (χ4v) is 1.82. The number of methoxy groups -OCH3 is 1. The molecular formula is C15H14N2O5. The molecule has 114 valence electrons. The highest BCUT2D eigenvalue weighted by Crippen LogP contribution is 2.24. The van der Waals surface area contributed by atoms with Crippen molar-refractivity contribution in [3.8, 4) is 17.2 Å². The first-order chi connectivity index (χ1) is 10.5. The van der Waals surface area contributed by atoms with E-state index in [2.05, 4.69) is 4.99 Å². The molecule has 0 heterocycles. The molecule has 22 heavy (non-hydrogen) atoms. The zero-order valence-electron chi connectivity index (χ0n) is 11.8. The van der Waals surface area contributed by atoms with Gasteiger partial charge in [0.15, 0.2) is 0 Å². The van der Waals surface area contributed by atoms with Gasteiger partial charge in [0.1, 0.15) is 17.2 Å². The minimum absolute atomic E-state index is 0.0350. The SMILES string of the molecule is COc1ccc(O)c(C=NCc2cc([N+](=O)[O-])ccc2O)c1. The topological polar surface area (TPSA) is 105 Å². The van der Waals surface area contributed by atoms with Crippen LogP contribution in [-0.4, -0.2) is 28.5 Å². The molecule has 0 aliphatic rings. The van der Waals surface area contributed by atoms with Crippen LogP contribution in [0.1, 0.15) is 11.1 Å². The number of nitro groups is 1. The zero-order valence-corrected chi connectivity index (χ0v) is 11.8. The third kappa shape index (κ3) is 3.51. The molecular weight excluding hydrogens is 288 g/mol. The highest BCUT2D eigenvalue weighted by molar-refractivity contribution is 5.84. The Bertz CT molecular complexity index is 728. The van der Waals surface area contributed by atoms with Gasteiger partial charge in [0.2, 0.25) is 0 Å². The Hall–Kier alpha value is -3.09. The number of phenolic OH excluding ortho intramolecular Hbond substituents is 2. The number of nitrogens with zero attached hydrogens (tertiary/aromatic N) is 2. The Labute approximate surface area is 126 Å². The lowest BCUT2D eigenvalue weighted by atomic mass is 10.1. The molecule has 0 saturated heterocycles. The van der Waals surface area contributed by atoms with Crippen molar-refractivity contribution in [3.63, 3.8) is 0 Å². The van der Waals surface area contributed by atoms with Crippen molar-refractivity contribution in [1.29, 1.82) is 0 Å². The van der Waals surface area contributed by atoms with Crippen molar-refractivity contribution in [1.82, 2.24) is 0 Å². The van der Waals surface area contributed by atoms with Crippen LogP contribution in [0.5, 0.6) is 17.2 Å². The second kappa shape index (κ2) is 6.57. The van der Waals surface area contributed by atoms with E-state index in [1.807, 2.05) is 0 Å². The van der Waals surface area contributed by atoms with Crippen molar-refractivity contribution in [2.24, 2.45) is 4.99 Å². The van der Waals surface area contributed by atoms with Crippen LogP contribution in [-0.2, 0) is 6.54 Å². The van der Waals surface area contributed by atoms with E-state index in [9.17, 15) is 20.3 Å². The predicted octanol–water partition coefficient (Wildman–Crippen LogP) is 2.63. The summed E-state index contributed by atoms with van der Waals surface area (Å²) in [6, 6.07) is 8.43. The van der Waals surface area contributed by atoms with Crippen molar-refractivity contribution in [3.05, 3.63) is 57.6 Å². The summed E-state index contributed by atoms with van der Waals surface area (Å²) in [6.45, 7) is 0.0458. The van der Waals surface area contributed by atoms with Crippen molar-refractivity contribution in [2.45, 2.75) is 6.54 Å². The summed E-state index contributed by atoms with van der Waals surface area (Å²) in [5.41, 5.74) is 0.657. The van der Waals surface area contributed by atoms with Crippen LogP contribution < -0.4 is 4.74 Å². The van der Waals surface area contributed by atoms with Gasteiger partial charge >= 0.3 is 0 Å². The lowest BCUT2D eigenvalue weighted by Crippen LogP contribution is -1.92. The summed E-state index contributed by atoms with van der Waals surface area (Å²) in [7, 11) is 1.51. The molecule has 0 aromatic heterocycles. The van der Waals surface area contributed by atoms with E-state index in [-0.39, 0.29) is 23.7 Å². The molecule has 7 nitrogen and oxygen atoms in total. The van der Waals surface area contributed by atoms with Gasteiger partial charge in [0.25, 0.3) is 5.69 Å². The standard InChI is InChI=1S/C15H14N2O5/c1-22-13-3-5-15(19)11(7-13)9-16-8-10-6-12(17(20)21)2-4-14(10)18/h2-7,9,18-19H,8H2,1H3. The van der Waals surface area contributed by atoms with Crippen molar-refractivity contribution in [2.75, 3.05) is 7.11 Å². The second-order valence-electron chi connectivity index (χ2n) is 4.46. The lowest BCUT2D eigenvalue weighted by Gasteiger charge is -2.03. The number of aliphatic imine (C=N–C) groups is 1. The molecule has 0 unspecified atom stereocenters. The molecule has 0 aliphatic heterocycles. The summed E-state index contributed by atoms with van der Waals surface area (Å²) in [4.78, 5) is 14.3. The minimum atomic E-state index is -0.541. The van der Waals surface area contributed by atoms with Gasteiger partial charge in [-0.1, -0.05) is 0 Å². The fourth-order valence-electron chi connectivity index (χ4n) is 1.82. The van der Waals surface area contributed by atoms with Gasteiger partial charge in [-0.2, -0.15) is 0 Å². The van der Waals surface area contributed by atoms with Gasteiger partial charge in [0, 0.05) is 29.5 Å². The average Bonchev–Trinajstić information content (AvgIpc) is 2.50. The Kier molecular flexibility index (Phi) is 4.57. The first kappa shape index (κ1) is 15.3. The Morgan fingerprint density at radius 3 is 2.64 bits per heavy atom. The largest absolute Gasteiger partial charge is 0.508 e. The van der Waals surface area contributed by atoms with E-state index in [4.69, 9.17) is 4.74 Å². The maximum atomic E-state index is 10.7. The number of aromatic hydroxyl groups is 2. The second-order valence-corrected chi connectivity index (χ2v) is 4.46. The summed E-state index contributed by atoms with van der Waals surface area (Å²) in [5, 5.41) is 30.1. The van der Waals surface area contributed by atoms with Gasteiger partial charge < -0.3 is 14.9 Å². The van der Waals surface area contributed by atoms with Crippen LogP contribution >= 0.6 is 0 Å². The van der Waals surface area contributed by atoms with Crippen LogP contribution in [0.25, 0.3) is 0 Å². The van der Waals surface area contributed by atoms with E-state index in [1.165, 1.54) is 37.6 Å². The number of benzene rings is 2. The highest BCUT2D eigenvalue weighted by Gasteiger charge is 2.09. The average molecular weight is 302 g/mol. The van der Waals surface area contributed by atoms with Crippen molar-refractivity contribution < 1.29 is 19.9 Å². The zero-order chi connectivity index (χ0) is 16.1. The van der Waals surface area contributed by atoms with Gasteiger partial charge in [-0.05, 0) is 24.3 Å². The van der Waals surface area contributed by atoms with Crippen LogP contribution in [0.2, 0.25) is 0 Å². The number of phenols is 2. The highest BCUT2D eigenvalue weighted by atomic mass is 16.6. The van der Waals surface area contributed by atoms with Crippen LogP contribution in [0, 0.1) is 10.1 Å². The molecule has 2 aromatic carbocycles. The summed E-state index contributed by atoms with van der Waals surface area (Å²) in [6.07, 6.45) is 1.41. The number of ether oxygens (including phenoxy) is 1. The Morgan fingerprint density at radius 2 is 1.95 bits per heavy atom. The first-order valence-corrected chi connectivity index (χ1v) is 6.34. The maximum Gasteiger partial charge on any atom is 0.270 e. The summed E-state index contributed by atoms with van der Waals surface area (Å²) < 4.78 is 5.05. The molecule has 2 aromatic rings. The van der Waals surface area contributed by atoms with E-state index >= 15 is 0 Å². The molecule has 0 spiro atoms. The molecule has 0 saturated carbocycles. The number of rotatable bonds is 5. The Balaban J connectivity index is 2.19. The molecule has 0 bridgehead atoms. The monoisotopic (exact) mass is 302 g/mol.